The van der Waals surface area contributed by atoms with E-state index in [1.807, 2.05) is 0 Å². The summed E-state index contributed by atoms with van der Waals surface area (Å²) in [5.74, 6) is -1.20. The van der Waals surface area contributed by atoms with E-state index in [0.717, 1.165) is 31.4 Å². The Labute approximate surface area is 144 Å². The molecule has 0 N–H and O–H groups in total. The Hall–Kier alpha value is -2.50. The van der Waals surface area contributed by atoms with Gasteiger partial charge in [0.15, 0.2) is 0 Å². The molecule has 0 bridgehead atoms. The van der Waals surface area contributed by atoms with E-state index in [-0.39, 0.29) is 0 Å². The van der Waals surface area contributed by atoms with Crippen molar-refractivity contribution in [2.45, 2.75) is 38.9 Å². The average molecular weight is 340 g/mol. The van der Waals surface area contributed by atoms with Crippen LogP contribution in [-0.2, 0) is 28.5 Å². The molecule has 0 amide bonds. The van der Waals surface area contributed by atoms with Crippen LogP contribution < -0.4 is 0 Å². The maximum atomic E-state index is 11.0. The monoisotopic (exact) mass is 340 g/mol. The van der Waals surface area contributed by atoms with Gasteiger partial charge < -0.3 is 18.9 Å². The second-order valence-electron chi connectivity index (χ2n) is 4.28. The minimum Gasteiger partial charge on any atom is -0.498 e. The van der Waals surface area contributed by atoms with Crippen molar-refractivity contribution in [3.63, 3.8) is 0 Å². The van der Waals surface area contributed by atoms with Crippen molar-refractivity contribution in [2.24, 2.45) is 0 Å². The number of ether oxygens (including phenoxy) is 4. The summed E-state index contributed by atoms with van der Waals surface area (Å²) in [6.45, 7) is 16.4. The highest BCUT2D eigenvalue weighted by molar-refractivity contribution is 5.82. The minimum absolute atomic E-state index is 0.493. The summed E-state index contributed by atoms with van der Waals surface area (Å²) < 4.78 is 19.2. The Balaban J connectivity index is 0. The first kappa shape index (κ1) is 23.8. The summed E-state index contributed by atoms with van der Waals surface area (Å²) >= 11 is 0. The predicted octanol–water partition coefficient (Wildman–Crippen LogP) is 3.66. The Morgan fingerprint density at radius 3 is 1.67 bits per heavy atom. The molecule has 0 fully saturated rings. The highest BCUT2D eigenvalue weighted by atomic mass is 16.7. The molecule has 0 saturated heterocycles. The fraction of sp³-hybridized carbons (Fsp3) is 0.444. The van der Waals surface area contributed by atoms with Crippen LogP contribution in [0.4, 0.5) is 0 Å². The number of esters is 2. The molecule has 0 aliphatic rings. The van der Waals surface area contributed by atoms with Crippen molar-refractivity contribution in [3.05, 3.63) is 51.0 Å². The van der Waals surface area contributed by atoms with E-state index in [0.29, 0.717) is 19.6 Å². The van der Waals surface area contributed by atoms with Crippen LogP contribution in [0.3, 0.4) is 0 Å². The van der Waals surface area contributed by atoms with Gasteiger partial charge in [0.2, 0.25) is 6.29 Å². The van der Waals surface area contributed by atoms with Gasteiger partial charge in [0.1, 0.15) is 13.2 Å². The summed E-state index contributed by atoms with van der Waals surface area (Å²) in [6, 6.07) is 0. The third-order valence-electron chi connectivity index (χ3n) is 2.43. The molecule has 0 heterocycles. The van der Waals surface area contributed by atoms with Gasteiger partial charge in [-0.3, -0.25) is 0 Å². The minimum atomic E-state index is -0.845. The van der Waals surface area contributed by atoms with Gasteiger partial charge in [0.05, 0.1) is 12.5 Å². The smallest absolute Gasteiger partial charge is 0.333 e. The zero-order valence-electron chi connectivity index (χ0n) is 14.4. The number of hydrogen-bond acceptors (Lipinski definition) is 6. The van der Waals surface area contributed by atoms with Crippen LogP contribution in [0.2, 0.25) is 0 Å². The quantitative estimate of drug-likeness (QED) is 0.167. The van der Waals surface area contributed by atoms with Crippen LogP contribution in [0.1, 0.15) is 32.6 Å². The highest BCUT2D eigenvalue weighted by Crippen LogP contribution is 2.09. The molecule has 0 aromatic rings. The fourth-order valence-electron chi connectivity index (χ4n) is 1.32. The standard InChI is InChI=1S/C12H18O4.C6H10O2/c1-4-7-8-9-12(15-10(13)5-2)16-11(14)6-3;1-3-7-5-6-8-4-2/h5-6,12H,2-4,7-9H2,1H3;3-4H,1-2,5-6H2. The average Bonchev–Trinajstić information content (AvgIpc) is 2.59. The number of hydrogen-bond donors (Lipinski definition) is 0. The molecule has 0 atom stereocenters. The summed E-state index contributed by atoms with van der Waals surface area (Å²) in [7, 11) is 0. The van der Waals surface area contributed by atoms with E-state index in [2.05, 4.69) is 33.2 Å². The molecule has 6 heteroatoms. The Kier molecular flexibility index (Phi) is 18.4. The van der Waals surface area contributed by atoms with Crippen LogP contribution in [0.5, 0.6) is 0 Å². The van der Waals surface area contributed by atoms with Crippen LogP contribution in [0.15, 0.2) is 51.0 Å². The van der Waals surface area contributed by atoms with Crippen molar-refractivity contribution in [3.8, 4) is 0 Å². The highest BCUT2D eigenvalue weighted by Gasteiger charge is 2.15. The Morgan fingerprint density at radius 2 is 1.33 bits per heavy atom. The van der Waals surface area contributed by atoms with Gasteiger partial charge in [-0.25, -0.2) is 9.59 Å². The predicted molar refractivity (Wildman–Crippen MR) is 92.8 cm³/mol. The lowest BCUT2D eigenvalue weighted by molar-refractivity contribution is -0.182. The zero-order chi connectivity index (χ0) is 18.6. The first-order valence-electron chi connectivity index (χ1n) is 7.66. The van der Waals surface area contributed by atoms with E-state index in [4.69, 9.17) is 18.9 Å². The van der Waals surface area contributed by atoms with Crippen LogP contribution in [-0.4, -0.2) is 31.4 Å². The number of carbonyl (C=O) groups excluding carboxylic acids is 2. The van der Waals surface area contributed by atoms with Gasteiger partial charge in [0, 0.05) is 18.6 Å². The van der Waals surface area contributed by atoms with E-state index in [1.54, 1.807) is 0 Å². The van der Waals surface area contributed by atoms with Crippen molar-refractivity contribution in [2.75, 3.05) is 13.2 Å². The first-order valence-corrected chi connectivity index (χ1v) is 7.66. The summed E-state index contributed by atoms with van der Waals surface area (Å²) in [5.41, 5.74) is 0. The van der Waals surface area contributed by atoms with Crippen LogP contribution in [0.25, 0.3) is 0 Å². The van der Waals surface area contributed by atoms with E-state index in [1.165, 1.54) is 12.5 Å². The molecule has 0 aromatic heterocycles. The SMILES string of the molecule is C=CC(=O)OC(CCCCC)OC(=O)C=C.C=COCCOC=C. The molecular weight excluding hydrogens is 312 g/mol. The molecule has 0 spiro atoms. The fourth-order valence-corrected chi connectivity index (χ4v) is 1.32. The summed E-state index contributed by atoms with van der Waals surface area (Å²) in [5, 5.41) is 0. The molecule has 0 aliphatic heterocycles. The maximum Gasteiger partial charge on any atom is 0.333 e. The molecule has 0 saturated carbocycles. The molecule has 6 nitrogen and oxygen atoms in total. The van der Waals surface area contributed by atoms with Crippen LogP contribution in [0, 0.1) is 0 Å². The van der Waals surface area contributed by atoms with Gasteiger partial charge in [-0.05, 0) is 6.42 Å². The zero-order valence-corrected chi connectivity index (χ0v) is 14.4. The van der Waals surface area contributed by atoms with E-state index >= 15 is 0 Å². The Morgan fingerprint density at radius 1 is 0.875 bits per heavy atom. The summed E-state index contributed by atoms with van der Waals surface area (Å²) in [6.07, 6.45) is 7.35. The van der Waals surface area contributed by atoms with Gasteiger partial charge >= 0.3 is 11.9 Å². The number of rotatable bonds is 13. The third-order valence-corrected chi connectivity index (χ3v) is 2.43. The lowest BCUT2D eigenvalue weighted by Crippen LogP contribution is -2.23. The molecule has 0 rings (SSSR count). The molecule has 0 unspecified atom stereocenters. The topological polar surface area (TPSA) is 71.1 Å². The van der Waals surface area contributed by atoms with E-state index < -0.39 is 18.2 Å². The van der Waals surface area contributed by atoms with Crippen molar-refractivity contribution in [1.82, 2.24) is 0 Å². The number of unbranched alkanes of at least 4 members (excludes halogenated alkanes) is 2. The van der Waals surface area contributed by atoms with Gasteiger partial charge in [-0.1, -0.05) is 46.1 Å². The van der Waals surface area contributed by atoms with Gasteiger partial charge in [-0.15, -0.1) is 0 Å². The lowest BCUT2D eigenvalue weighted by atomic mass is 10.2. The third kappa shape index (κ3) is 17.6. The summed E-state index contributed by atoms with van der Waals surface area (Å²) in [4.78, 5) is 21.9. The molecule has 24 heavy (non-hydrogen) atoms. The molecular formula is C18H28O6. The largest absolute Gasteiger partial charge is 0.498 e. The van der Waals surface area contributed by atoms with Crippen molar-refractivity contribution >= 4 is 11.9 Å². The van der Waals surface area contributed by atoms with Crippen molar-refractivity contribution < 1.29 is 28.5 Å². The van der Waals surface area contributed by atoms with Gasteiger partial charge in [0.25, 0.3) is 0 Å². The normalized spacial score (nSPS) is 8.92. The number of carbonyl (C=O) groups is 2. The van der Waals surface area contributed by atoms with Gasteiger partial charge in [-0.2, -0.15) is 0 Å². The van der Waals surface area contributed by atoms with Crippen molar-refractivity contribution in [1.29, 1.82) is 0 Å². The second-order valence-corrected chi connectivity index (χ2v) is 4.28. The molecule has 136 valence electrons. The first-order chi connectivity index (χ1) is 11.5. The van der Waals surface area contributed by atoms with E-state index in [9.17, 15) is 9.59 Å². The maximum absolute atomic E-state index is 11.0. The molecule has 0 aliphatic carbocycles. The second kappa shape index (κ2) is 18.5. The molecule has 0 aromatic carbocycles. The van der Waals surface area contributed by atoms with Crippen LogP contribution >= 0.6 is 0 Å². The Bertz CT molecular complexity index is 357. The lowest BCUT2D eigenvalue weighted by Gasteiger charge is -2.16. The molecule has 0 radical (unpaired) electrons.